The van der Waals surface area contributed by atoms with Gasteiger partial charge in [-0.05, 0) is 30.2 Å². The molecule has 1 aromatic rings. The number of piperazine rings is 1. The lowest BCUT2D eigenvalue weighted by molar-refractivity contribution is -0.140. The topological polar surface area (TPSA) is 40.6 Å². The third-order valence-corrected chi connectivity index (χ3v) is 6.52. The summed E-state index contributed by atoms with van der Waals surface area (Å²) < 4.78 is 0. The van der Waals surface area contributed by atoms with Crippen molar-refractivity contribution >= 4 is 11.8 Å². The average molecular weight is 354 g/mol. The van der Waals surface area contributed by atoms with Crippen molar-refractivity contribution in [2.24, 2.45) is 11.8 Å². The van der Waals surface area contributed by atoms with Gasteiger partial charge < -0.3 is 9.80 Å². The SMILES string of the molecule is O=C(CCC1CCCC1)N1CCN(C(=O)C2CC2c2ccccc2)CC1. The number of benzene rings is 1. The van der Waals surface area contributed by atoms with Crippen molar-refractivity contribution in [3.8, 4) is 0 Å². The van der Waals surface area contributed by atoms with Crippen LogP contribution in [-0.2, 0) is 9.59 Å². The average Bonchev–Trinajstić information content (AvgIpc) is 3.33. The molecular formula is C22H30N2O2. The Morgan fingerprint density at radius 1 is 0.923 bits per heavy atom. The Bertz CT molecular complexity index is 631. The van der Waals surface area contributed by atoms with Gasteiger partial charge in [0.2, 0.25) is 11.8 Å². The number of carbonyl (C=O) groups excluding carboxylic acids is 2. The molecule has 3 fully saturated rings. The quantitative estimate of drug-likeness (QED) is 0.813. The third kappa shape index (κ3) is 3.94. The Kier molecular flexibility index (Phi) is 5.28. The zero-order valence-electron chi connectivity index (χ0n) is 15.6. The van der Waals surface area contributed by atoms with E-state index in [9.17, 15) is 9.59 Å². The van der Waals surface area contributed by atoms with Crippen LogP contribution in [0.2, 0.25) is 0 Å². The molecule has 1 heterocycles. The Morgan fingerprint density at radius 3 is 2.27 bits per heavy atom. The minimum Gasteiger partial charge on any atom is -0.339 e. The lowest BCUT2D eigenvalue weighted by atomic mass is 10.0. The molecule has 3 aliphatic rings. The first kappa shape index (κ1) is 17.6. The first-order valence-corrected chi connectivity index (χ1v) is 10.3. The first-order chi connectivity index (χ1) is 12.7. The van der Waals surface area contributed by atoms with Crippen LogP contribution in [0.15, 0.2) is 30.3 Å². The molecule has 0 aromatic heterocycles. The predicted octanol–water partition coefficient (Wildman–Crippen LogP) is 3.43. The predicted molar refractivity (Wildman–Crippen MR) is 102 cm³/mol. The molecule has 1 saturated heterocycles. The highest BCUT2D eigenvalue weighted by atomic mass is 16.2. The van der Waals surface area contributed by atoms with Crippen LogP contribution in [0.1, 0.15) is 56.4 Å². The van der Waals surface area contributed by atoms with E-state index in [1.807, 2.05) is 28.0 Å². The van der Waals surface area contributed by atoms with Gasteiger partial charge in [-0.15, -0.1) is 0 Å². The van der Waals surface area contributed by atoms with Gasteiger partial charge in [0.25, 0.3) is 0 Å². The Morgan fingerprint density at radius 2 is 1.58 bits per heavy atom. The van der Waals surface area contributed by atoms with Gasteiger partial charge >= 0.3 is 0 Å². The number of rotatable bonds is 5. The van der Waals surface area contributed by atoms with E-state index in [-0.39, 0.29) is 17.7 Å². The van der Waals surface area contributed by atoms with E-state index in [4.69, 9.17) is 0 Å². The molecule has 140 valence electrons. The summed E-state index contributed by atoms with van der Waals surface area (Å²) in [7, 11) is 0. The molecule has 4 rings (SSSR count). The highest BCUT2D eigenvalue weighted by Gasteiger charge is 2.46. The fourth-order valence-corrected chi connectivity index (χ4v) is 4.73. The number of hydrogen-bond donors (Lipinski definition) is 0. The molecule has 0 spiro atoms. The number of amides is 2. The van der Waals surface area contributed by atoms with Gasteiger partial charge in [0.1, 0.15) is 0 Å². The fraction of sp³-hybridized carbons (Fsp3) is 0.636. The monoisotopic (exact) mass is 354 g/mol. The molecule has 2 aliphatic carbocycles. The maximum atomic E-state index is 12.7. The second kappa shape index (κ2) is 7.81. The van der Waals surface area contributed by atoms with E-state index < -0.39 is 0 Å². The molecule has 1 aliphatic heterocycles. The van der Waals surface area contributed by atoms with Crippen molar-refractivity contribution < 1.29 is 9.59 Å². The third-order valence-electron chi connectivity index (χ3n) is 6.52. The summed E-state index contributed by atoms with van der Waals surface area (Å²) in [6.07, 6.45) is 8.01. The summed E-state index contributed by atoms with van der Waals surface area (Å²) in [5, 5.41) is 0. The molecule has 0 N–H and O–H groups in total. The summed E-state index contributed by atoms with van der Waals surface area (Å²) in [6.45, 7) is 2.81. The maximum absolute atomic E-state index is 12.7. The lowest BCUT2D eigenvalue weighted by Gasteiger charge is -2.35. The summed E-state index contributed by atoms with van der Waals surface area (Å²) in [5.74, 6) is 1.90. The van der Waals surface area contributed by atoms with Crippen LogP contribution >= 0.6 is 0 Å². The van der Waals surface area contributed by atoms with Crippen molar-refractivity contribution in [2.75, 3.05) is 26.2 Å². The van der Waals surface area contributed by atoms with E-state index in [2.05, 4.69) is 12.1 Å². The van der Waals surface area contributed by atoms with E-state index in [1.165, 1.54) is 31.2 Å². The van der Waals surface area contributed by atoms with Crippen LogP contribution in [0.4, 0.5) is 0 Å². The minimum atomic E-state index is 0.155. The number of carbonyl (C=O) groups is 2. The Balaban J connectivity index is 1.21. The standard InChI is InChI=1S/C22H30N2O2/c25-21(11-10-17-6-4-5-7-17)23-12-14-24(15-13-23)22(26)20-16-19(20)18-8-2-1-3-9-18/h1-3,8-9,17,19-20H,4-7,10-16H2. The van der Waals surface area contributed by atoms with Crippen LogP contribution in [-0.4, -0.2) is 47.8 Å². The molecular weight excluding hydrogens is 324 g/mol. The van der Waals surface area contributed by atoms with E-state index in [1.54, 1.807) is 0 Å². The number of nitrogens with zero attached hydrogens (tertiary/aromatic N) is 2. The summed E-state index contributed by atoms with van der Waals surface area (Å²) in [4.78, 5) is 29.1. The van der Waals surface area contributed by atoms with Gasteiger partial charge in [0.15, 0.2) is 0 Å². The second-order valence-electron chi connectivity index (χ2n) is 8.25. The maximum Gasteiger partial charge on any atom is 0.226 e. The highest BCUT2D eigenvalue weighted by Crippen LogP contribution is 2.48. The molecule has 2 unspecified atom stereocenters. The van der Waals surface area contributed by atoms with Gasteiger partial charge in [0, 0.05) is 38.5 Å². The van der Waals surface area contributed by atoms with Gasteiger partial charge in [0.05, 0.1) is 0 Å². The Hall–Kier alpha value is -1.84. The zero-order valence-corrected chi connectivity index (χ0v) is 15.6. The molecule has 1 aromatic carbocycles. The second-order valence-corrected chi connectivity index (χ2v) is 8.25. The van der Waals surface area contributed by atoms with Crippen LogP contribution in [0, 0.1) is 11.8 Å². The summed E-state index contributed by atoms with van der Waals surface area (Å²) in [6, 6.07) is 10.4. The molecule has 0 radical (unpaired) electrons. The molecule has 0 bridgehead atoms. The van der Waals surface area contributed by atoms with Crippen LogP contribution in [0.3, 0.4) is 0 Å². The molecule has 4 nitrogen and oxygen atoms in total. The molecule has 2 atom stereocenters. The first-order valence-electron chi connectivity index (χ1n) is 10.3. The minimum absolute atomic E-state index is 0.155. The van der Waals surface area contributed by atoms with Crippen LogP contribution < -0.4 is 0 Å². The van der Waals surface area contributed by atoms with Crippen molar-refractivity contribution in [1.82, 2.24) is 9.80 Å². The van der Waals surface area contributed by atoms with Gasteiger partial charge in [-0.3, -0.25) is 9.59 Å². The van der Waals surface area contributed by atoms with E-state index in [0.29, 0.717) is 38.5 Å². The van der Waals surface area contributed by atoms with Crippen LogP contribution in [0.5, 0.6) is 0 Å². The smallest absolute Gasteiger partial charge is 0.226 e. The molecule has 26 heavy (non-hydrogen) atoms. The van der Waals surface area contributed by atoms with Crippen molar-refractivity contribution in [1.29, 1.82) is 0 Å². The fourth-order valence-electron chi connectivity index (χ4n) is 4.73. The normalized spacial score (nSPS) is 26.2. The summed E-state index contributed by atoms with van der Waals surface area (Å²) >= 11 is 0. The van der Waals surface area contributed by atoms with Gasteiger partial charge in [-0.25, -0.2) is 0 Å². The molecule has 2 amide bonds. The van der Waals surface area contributed by atoms with Gasteiger partial charge in [-0.2, -0.15) is 0 Å². The van der Waals surface area contributed by atoms with E-state index >= 15 is 0 Å². The number of hydrogen-bond acceptors (Lipinski definition) is 2. The zero-order chi connectivity index (χ0) is 17.9. The van der Waals surface area contributed by atoms with Crippen molar-refractivity contribution in [2.45, 2.75) is 50.9 Å². The Labute approximate surface area is 156 Å². The molecule has 4 heteroatoms. The lowest BCUT2D eigenvalue weighted by Crippen LogP contribution is -2.51. The molecule has 2 saturated carbocycles. The van der Waals surface area contributed by atoms with Crippen molar-refractivity contribution in [3.63, 3.8) is 0 Å². The largest absolute Gasteiger partial charge is 0.339 e. The summed E-state index contributed by atoms with van der Waals surface area (Å²) in [5.41, 5.74) is 1.28. The van der Waals surface area contributed by atoms with Crippen molar-refractivity contribution in [3.05, 3.63) is 35.9 Å². The van der Waals surface area contributed by atoms with Gasteiger partial charge in [-0.1, -0.05) is 56.0 Å². The van der Waals surface area contributed by atoms with E-state index in [0.717, 1.165) is 18.8 Å². The van der Waals surface area contributed by atoms with Crippen LogP contribution in [0.25, 0.3) is 0 Å². The highest BCUT2D eigenvalue weighted by molar-refractivity contribution is 5.83.